The molecule has 0 saturated carbocycles. The number of anilines is 1. The third kappa shape index (κ3) is 5.55. The lowest BCUT2D eigenvalue weighted by Gasteiger charge is -2.35. The molecule has 10 heteroatoms. The summed E-state index contributed by atoms with van der Waals surface area (Å²) in [5.74, 6) is 0.445. The van der Waals surface area contributed by atoms with Crippen LogP contribution in [0, 0.1) is 10.1 Å². The van der Waals surface area contributed by atoms with Gasteiger partial charge in [-0.3, -0.25) is 24.7 Å². The first-order chi connectivity index (χ1) is 17.6. The first-order valence-electron chi connectivity index (χ1n) is 12.3. The van der Waals surface area contributed by atoms with Crippen molar-refractivity contribution in [2.75, 3.05) is 57.3 Å². The van der Waals surface area contributed by atoms with E-state index >= 15 is 0 Å². The molecule has 2 aliphatic heterocycles. The SMILES string of the molecule is O=C(c1coc(CN2CCN(Cc3ccccc3[N+](=O)[O-])CC2)n1)N1CCN(c2ccccc2)CC1. The van der Waals surface area contributed by atoms with E-state index in [1.165, 1.54) is 12.0 Å². The summed E-state index contributed by atoms with van der Waals surface area (Å²) >= 11 is 0. The molecule has 0 N–H and O–H groups in total. The normalized spacial score (nSPS) is 17.3. The molecule has 1 aromatic heterocycles. The van der Waals surface area contributed by atoms with Crippen molar-refractivity contribution in [3.8, 4) is 0 Å². The number of oxazole rings is 1. The van der Waals surface area contributed by atoms with Crippen LogP contribution in [-0.4, -0.2) is 82.9 Å². The summed E-state index contributed by atoms with van der Waals surface area (Å²) < 4.78 is 5.64. The number of para-hydroxylation sites is 2. The minimum absolute atomic E-state index is 0.0908. The first kappa shape index (κ1) is 24.0. The maximum atomic E-state index is 13.0. The zero-order valence-electron chi connectivity index (χ0n) is 20.2. The van der Waals surface area contributed by atoms with E-state index in [2.05, 4.69) is 31.8 Å². The molecule has 0 aliphatic carbocycles. The van der Waals surface area contributed by atoms with E-state index < -0.39 is 0 Å². The molecule has 5 rings (SSSR count). The van der Waals surface area contributed by atoms with E-state index in [1.54, 1.807) is 12.1 Å². The zero-order chi connectivity index (χ0) is 24.9. The number of carbonyl (C=O) groups is 1. The fourth-order valence-electron chi connectivity index (χ4n) is 4.81. The number of hydrogen-bond donors (Lipinski definition) is 0. The number of nitro benzene ring substituents is 1. The molecule has 0 unspecified atom stereocenters. The van der Waals surface area contributed by atoms with E-state index in [0.29, 0.717) is 37.8 Å². The van der Waals surface area contributed by atoms with Crippen LogP contribution in [0.5, 0.6) is 0 Å². The van der Waals surface area contributed by atoms with E-state index in [1.807, 2.05) is 35.2 Å². The second-order valence-corrected chi connectivity index (χ2v) is 9.18. The molecule has 2 fully saturated rings. The van der Waals surface area contributed by atoms with E-state index in [0.717, 1.165) is 44.8 Å². The summed E-state index contributed by atoms with van der Waals surface area (Å²) in [4.78, 5) is 37.0. The van der Waals surface area contributed by atoms with Gasteiger partial charge in [0.2, 0.25) is 5.89 Å². The van der Waals surface area contributed by atoms with Crippen LogP contribution in [0.15, 0.2) is 65.3 Å². The number of nitrogens with zero attached hydrogens (tertiary/aromatic N) is 6. The number of amides is 1. The Morgan fingerprint density at radius 2 is 1.50 bits per heavy atom. The maximum Gasteiger partial charge on any atom is 0.275 e. The van der Waals surface area contributed by atoms with Crippen molar-refractivity contribution in [3.63, 3.8) is 0 Å². The Bertz CT molecular complexity index is 1180. The number of hydrogen-bond acceptors (Lipinski definition) is 8. The predicted molar refractivity (Wildman–Crippen MR) is 135 cm³/mol. The molecule has 2 aromatic carbocycles. The average Bonchev–Trinajstić information content (AvgIpc) is 3.38. The third-order valence-electron chi connectivity index (χ3n) is 6.87. The third-order valence-corrected chi connectivity index (χ3v) is 6.87. The molecule has 36 heavy (non-hydrogen) atoms. The smallest absolute Gasteiger partial charge is 0.275 e. The number of rotatable bonds is 7. The van der Waals surface area contributed by atoms with Gasteiger partial charge < -0.3 is 14.2 Å². The van der Waals surface area contributed by atoms with Crippen LogP contribution in [0.2, 0.25) is 0 Å². The number of aromatic nitrogens is 1. The molecule has 3 aromatic rings. The Morgan fingerprint density at radius 1 is 0.861 bits per heavy atom. The van der Waals surface area contributed by atoms with Crippen molar-refractivity contribution < 1.29 is 14.1 Å². The van der Waals surface area contributed by atoms with E-state index in [9.17, 15) is 14.9 Å². The second-order valence-electron chi connectivity index (χ2n) is 9.18. The molecule has 188 valence electrons. The molecular formula is C26H30N6O4. The molecule has 2 saturated heterocycles. The quantitative estimate of drug-likeness (QED) is 0.368. The Hall–Kier alpha value is -3.76. The van der Waals surface area contributed by atoms with Gasteiger partial charge in [0.25, 0.3) is 11.6 Å². The number of nitro groups is 1. The lowest BCUT2D eigenvalue weighted by molar-refractivity contribution is -0.385. The van der Waals surface area contributed by atoms with Crippen LogP contribution in [0.4, 0.5) is 11.4 Å². The number of benzene rings is 2. The van der Waals surface area contributed by atoms with Gasteiger partial charge in [-0.2, -0.15) is 0 Å². The molecule has 0 atom stereocenters. The van der Waals surface area contributed by atoms with Gasteiger partial charge in [0.1, 0.15) is 6.26 Å². The molecule has 1 amide bonds. The molecule has 2 aliphatic rings. The van der Waals surface area contributed by atoms with Crippen LogP contribution in [-0.2, 0) is 13.1 Å². The van der Waals surface area contributed by atoms with Gasteiger partial charge in [-0.1, -0.05) is 36.4 Å². The van der Waals surface area contributed by atoms with Gasteiger partial charge in [0.15, 0.2) is 5.69 Å². The lowest BCUT2D eigenvalue weighted by atomic mass is 10.1. The fourth-order valence-corrected chi connectivity index (χ4v) is 4.81. The maximum absolute atomic E-state index is 13.0. The number of piperazine rings is 2. The summed E-state index contributed by atoms with van der Waals surface area (Å²) in [6, 6.07) is 17.1. The zero-order valence-corrected chi connectivity index (χ0v) is 20.2. The molecule has 10 nitrogen and oxygen atoms in total. The molecule has 0 radical (unpaired) electrons. The van der Waals surface area contributed by atoms with Gasteiger partial charge in [-0.05, 0) is 12.1 Å². The second kappa shape index (κ2) is 10.9. The van der Waals surface area contributed by atoms with E-state index in [4.69, 9.17) is 4.42 Å². The first-order valence-corrected chi connectivity index (χ1v) is 12.3. The van der Waals surface area contributed by atoms with Crippen LogP contribution in [0.1, 0.15) is 21.9 Å². The van der Waals surface area contributed by atoms with Crippen molar-refractivity contribution in [3.05, 3.63) is 88.1 Å². The van der Waals surface area contributed by atoms with E-state index in [-0.39, 0.29) is 16.5 Å². The van der Waals surface area contributed by atoms with Crippen molar-refractivity contribution in [2.45, 2.75) is 13.1 Å². The highest BCUT2D eigenvalue weighted by Gasteiger charge is 2.26. The summed E-state index contributed by atoms with van der Waals surface area (Å²) in [5.41, 5.74) is 2.43. The largest absolute Gasteiger partial charge is 0.447 e. The van der Waals surface area contributed by atoms with Gasteiger partial charge in [0.05, 0.1) is 11.5 Å². The van der Waals surface area contributed by atoms with Crippen molar-refractivity contribution in [2.24, 2.45) is 0 Å². The lowest BCUT2D eigenvalue weighted by Crippen LogP contribution is -2.48. The topological polar surface area (TPSA) is 99.2 Å². The van der Waals surface area contributed by atoms with Crippen molar-refractivity contribution >= 4 is 17.3 Å². The summed E-state index contributed by atoms with van der Waals surface area (Å²) in [6.07, 6.45) is 1.46. The minimum atomic E-state index is -0.323. The highest BCUT2D eigenvalue weighted by molar-refractivity contribution is 5.92. The molecule has 0 bridgehead atoms. The average molecular weight is 491 g/mol. The standard InChI is InChI=1S/C26H30N6O4/c33-26(31-16-14-30(15-17-31)22-7-2-1-3-8-22)23-20-36-25(27-23)19-29-12-10-28(11-13-29)18-21-6-4-5-9-24(21)32(34)35/h1-9,20H,10-19H2. The fraction of sp³-hybridized carbons (Fsp3) is 0.385. The Morgan fingerprint density at radius 3 is 2.19 bits per heavy atom. The number of carbonyl (C=O) groups excluding carboxylic acids is 1. The van der Waals surface area contributed by atoms with Crippen molar-refractivity contribution in [1.82, 2.24) is 19.7 Å². The molecular weight excluding hydrogens is 460 g/mol. The summed E-state index contributed by atoms with van der Waals surface area (Å²) in [5, 5.41) is 11.3. The van der Waals surface area contributed by atoms with Crippen molar-refractivity contribution in [1.29, 1.82) is 0 Å². The monoisotopic (exact) mass is 490 g/mol. The van der Waals surface area contributed by atoms with Crippen LogP contribution < -0.4 is 4.90 Å². The molecule has 3 heterocycles. The Balaban J connectivity index is 1.09. The molecule has 0 spiro atoms. The van der Waals surface area contributed by atoms with Crippen LogP contribution in [0.25, 0.3) is 0 Å². The minimum Gasteiger partial charge on any atom is -0.447 e. The van der Waals surface area contributed by atoms with Gasteiger partial charge in [-0.15, -0.1) is 0 Å². The van der Waals surface area contributed by atoms with Gasteiger partial charge in [-0.25, -0.2) is 4.98 Å². The predicted octanol–water partition coefficient (Wildman–Crippen LogP) is 2.86. The van der Waals surface area contributed by atoms with Crippen LogP contribution >= 0.6 is 0 Å². The Labute approximate surface area is 209 Å². The summed E-state index contributed by atoms with van der Waals surface area (Å²) in [7, 11) is 0. The highest BCUT2D eigenvalue weighted by Crippen LogP contribution is 2.21. The van der Waals surface area contributed by atoms with Gasteiger partial charge >= 0.3 is 0 Å². The highest BCUT2D eigenvalue weighted by atomic mass is 16.6. The Kier molecular flexibility index (Phi) is 7.24. The summed E-state index contributed by atoms with van der Waals surface area (Å²) in [6.45, 7) is 7.16. The van der Waals surface area contributed by atoms with Crippen LogP contribution in [0.3, 0.4) is 0 Å². The van der Waals surface area contributed by atoms with Gasteiger partial charge in [0, 0.05) is 76.2 Å².